The summed E-state index contributed by atoms with van der Waals surface area (Å²) in [4.78, 5) is 29.0. The number of carboxylic acid groups (broad SMARTS) is 1. The van der Waals surface area contributed by atoms with E-state index in [1.54, 1.807) is 17.2 Å². The molecular formula is C16H17N3O3. The summed E-state index contributed by atoms with van der Waals surface area (Å²) >= 11 is 0. The number of carbonyl (C=O) groups is 2. The average Bonchev–Trinajstić information content (AvgIpc) is 2.96. The SMILES string of the molecule is O=C(O)C1CCN(C(=O)/C=C/c2cnc3ccccn23)CC1. The highest BCUT2D eigenvalue weighted by Crippen LogP contribution is 2.17. The third-order valence-corrected chi connectivity index (χ3v) is 4.00. The lowest BCUT2D eigenvalue weighted by molar-refractivity contribution is -0.144. The topological polar surface area (TPSA) is 74.9 Å². The fourth-order valence-electron chi connectivity index (χ4n) is 2.68. The van der Waals surface area contributed by atoms with E-state index in [2.05, 4.69) is 4.98 Å². The molecule has 2 aromatic rings. The van der Waals surface area contributed by atoms with Crippen LogP contribution in [0.1, 0.15) is 18.5 Å². The van der Waals surface area contributed by atoms with Crippen LogP contribution in [0.5, 0.6) is 0 Å². The predicted octanol–water partition coefficient (Wildman–Crippen LogP) is 1.67. The zero-order chi connectivity index (χ0) is 15.5. The van der Waals surface area contributed by atoms with Crippen LogP contribution < -0.4 is 0 Å². The van der Waals surface area contributed by atoms with Crippen molar-refractivity contribution in [3.63, 3.8) is 0 Å². The molecule has 1 N–H and O–H groups in total. The number of piperidine rings is 1. The zero-order valence-corrected chi connectivity index (χ0v) is 12.1. The molecule has 0 saturated carbocycles. The van der Waals surface area contributed by atoms with Gasteiger partial charge >= 0.3 is 5.97 Å². The molecule has 1 aliphatic rings. The molecule has 0 aliphatic carbocycles. The van der Waals surface area contributed by atoms with Crippen LogP contribution in [0.4, 0.5) is 0 Å². The van der Waals surface area contributed by atoms with Crippen molar-refractivity contribution < 1.29 is 14.7 Å². The Hall–Kier alpha value is -2.63. The van der Waals surface area contributed by atoms with E-state index in [4.69, 9.17) is 5.11 Å². The highest BCUT2D eigenvalue weighted by molar-refractivity contribution is 5.91. The first-order valence-corrected chi connectivity index (χ1v) is 7.27. The van der Waals surface area contributed by atoms with Gasteiger partial charge in [0, 0.05) is 25.4 Å². The molecule has 3 rings (SSSR count). The van der Waals surface area contributed by atoms with Crippen LogP contribution in [0.3, 0.4) is 0 Å². The van der Waals surface area contributed by atoms with Crippen molar-refractivity contribution in [3.8, 4) is 0 Å². The Balaban J connectivity index is 1.66. The third-order valence-electron chi connectivity index (χ3n) is 4.00. The van der Waals surface area contributed by atoms with E-state index in [1.807, 2.05) is 28.8 Å². The first-order chi connectivity index (χ1) is 10.6. The minimum Gasteiger partial charge on any atom is -0.481 e. The van der Waals surface area contributed by atoms with Crippen molar-refractivity contribution in [3.05, 3.63) is 42.4 Å². The van der Waals surface area contributed by atoms with Gasteiger partial charge < -0.3 is 14.4 Å². The number of imidazole rings is 1. The number of amides is 1. The number of hydrogen-bond acceptors (Lipinski definition) is 3. The summed E-state index contributed by atoms with van der Waals surface area (Å²) in [6, 6.07) is 5.72. The van der Waals surface area contributed by atoms with Crippen LogP contribution in [0, 0.1) is 5.92 Å². The van der Waals surface area contributed by atoms with Gasteiger partial charge in [0.05, 0.1) is 17.8 Å². The second-order valence-electron chi connectivity index (χ2n) is 5.38. The number of aromatic nitrogens is 2. The molecule has 0 aromatic carbocycles. The van der Waals surface area contributed by atoms with Crippen molar-refractivity contribution in [1.82, 2.24) is 14.3 Å². The van der Waals surface area contributed by atoms with Crippen molar-refractivity contribution >= 4 is 23.6 Å². The van der Waals surface area contributed by atoms with Gasteiger partial charge in [-0.3, -0.25) is 9.59 Å². The molecular weight excluding hydrogens is 282 g/mol. The number of carbonyl (C=O) groups excluding carboxylic acids is 1. The van der Waals surface area contributed by atoms with E-state index in [-0.39, 0.29) is 11.8 Å². The van der Waals surface area contributed by atoms with Gasteiger partial charge in [0.2, 0.25) is 5.91 Å². The number of hydrogen-bond donors (Lipinski definition) is 1. The van der Waals surface area contributed by atoms with Crippen LogP contribution in [0.15, 0.2) is 36.7 Å². The summed E-state index contributed by atoms with van der Waals surface area (Å²) < 4.78 is 1.90. The monoisotopic (exact) mass is 299 g/mol. The standard InChI is InChI=1S/C16H17N3O3/c20-15(18-9-6-12(7-10-18)16(21)22)5-4-13-11-17-14-3-1-2-8-19(13)14/h1-5,8,11-12H,6-7,9-10H2,(H,21,22)/b5-4+. The molecule has 0 radical (unpaired) electrons. The van der Waals surface area contributed by atoms with Crippen LogP contribution in [-0.4, -0.2) is 44.4 Å². The minimum atomic E-state index is -0.770. The Labute approximate surface area is 127 Å². The largest absolute Gasteiger partial charge is 0.481 e. The van der Waals surface area contributed by atoms with Gasteiger partial charge in [0.25, 0.3) is 0 Å². The van der Waals surface area contributed by atoms with E-state index < -0.39 is 5.97 Å². The molecule has 6 heteroatoms. The summed E-state index contributed by atoms with van der Waals surface area (Å²) in [6.07, 6.45) is 7.92. The molecule has 0 atom stereocenters. The first-order valence-electron chi connectivity index (χ1n) is 7.27. The van der Waals surface area contributed by atoms with Crippen LogP contribution >= 0.6 is 0 Å². The second-order valence-corrected chi connectivity index (χ2v) is 5.38. The molecule has 1 fully saturated rings. The smallest absolute Gasteiger partial charge is 0.306 e. The quantitative estimate of drug-likeness (QED) is 0.875. The number of likely N-dealkylation sites (tertiary alicyclic amines) is 1. The van der Waals surface area contributed by atoms with E-state index in [1.165, 1.54) is 6.08 Å². The summed E-state index contributed by atoms with van der Waals surface area (Å²) in [7, 11) is 0. The molecule has 1 saturated heterocycles. The Kier molecular flexibility index (Phi) is 3.91. The van der Waals surface area contributed by atoms with Crippen molar-refractivity contribution in [2.45, 2.75) is 12.8 Å². The van der Waals surface area contributed by atoms with Crippen molar-refractivity contribution in [1.29, 1.82) is 0 Å². The van der Waals surface area contributed by atoms with Gasteiger partial charge in [-0.15, -0.1) is 0 Å². The van der Waals surface area contributed by atoms with Gasteiger partial charge in [-0.05, 0) is 31.1 Å². The summed E-state index contributed by atoms with van der Waals surface area (Å²) in [5.41, 5.74) is 1.67. The van der Waals surface area contributed by atoms with E-state index in [0.29, 0.717) is 25.9 Å². The number of aliphatic carboxylic acids is 1. The van der Waals surface area contributed by atoms with Crippen LogP contribution in [0.25, 0.3) is 11.7 Å². The maximum atomic E-state index is 12.2. The predicted molar refractivity (Wildman–Crippen MR) is 81.2 cm³/mol. The summed E-state index contributed by atoms with van der Waals surface area (Å²) in [5, 5.41) is 8.96. The van der Waals surface area contributed by atoms with Crippen LogP contribution in [0.2, 0.25) is 0 Å². The molecule has 0 spiro atoms. The molecule has 0 unspecified atom stereocenters. The number of rotatable bonds is 3. The highest BCUT2D eigenvalue weighted by Gasteiger charge is 2.25. The van der Waals surface area contributed by atoms with E-state index >= 15 is 0 Å². The Morgan fingerprint density at radius 3 is 2.77 bits per heavy atom. The molecule has 1 amide bonds. The maximum absolute atomic E-state index is 12.2. The summed E-state index contributed by atoms with van der Waals surface area (Å²) in [6.45, 7) is 0.987. The van der Waals surface area contributed by atoms with E-state index in [9.17, 15) is 9.59 Å². The molecule has 22 heavy (non-hydrogen) atoms. The number of fused-ring (bicyclic) bond motifs is 1. The van der Waals surface area contributed by atoms with Crippen molar-refractivity contribution in [2.75, 3.05) is 13.1 Å². The lowest BCUT2D eigenvalue weighted by Crippen LogP contribution is -2.39. The van der Waals surface area contributed by atoms with Gasteiger partial charge in [0.15, 0.2) is 0 Å². The molecule has 2 aromatic heterocycles. The van der Waals surface area contributed by atoms with Gasteiger partial charge in [-0.25, -0.2) is 4.98 Å². The Morgan fingerprint density at radius 2 is 2.05 bits per heavy atom. The number of carboxylic acids is 1. The first kappa shape index (κ1) is 14.3. The fourth-order valence-corrected chi connectivity index (χ4v) is 2.68. The normalized spacial score (nSPS) is 16.5. The van der Waals surface area contributed by atoms with E-state index in [0.717, 1.165) is 11.3 Å². The average molecular weight is 299 g/mol. The molecule has 1 aliphatic heterocycles. The highest BCUT2D eigenvalue weighted by atomic mass is 16.4. The van der Waals surface area contributed by atoms with Gasteiger partial charge in [0.1, 0.15) is 5.65 Å². The second kappa shape index (κ2) is 6.01. The number of nitrogens with zero attached hydrogens (tertiary/aromatic N) is 3. The maximum Gasteiger partial charge on any atom is 0.306 e. The molecule has 114 valence electrons. The third kappa shape index (κ3) is 2.86. The molecule has 0 bridgehead atoms. The zero-order valence-electron chi connectivity index (χ0n) is 12.1. The Bertz CT molecular complexity index is 727. The molecule has 3 heterocycles. The fraction of sp³-hybridized carbons (Fsp3) is 0.312. The van der Waals surface area contributed by atoms with Gasteiger partial charge in [-0.2, -0.15) is 0 Å². The minimum absolute atomic E-state index is 0.0882. The van der Waals surface area contributed by atoms with Gasteiger partial charge in [-0.1, -0.05) is 6.07 Å². The Morgan fingerprint density at radius 1 is 1.27 bits per heavy atom. The van der Waals surface area contributed by atoms with Crippen LogP contribution in [-0.2, 0) is 9.59 Å². The summed E-state index contributed by atoms with van der Waals surface area (Å²) in [5.74, 6) is -1.19. The lowest BCUT2D eigenvalue weighted by atomic mass is 9.97. The lowest BCUT2D eigenvalue weighted by Gasteiger charge is -2.29. The number of pyridine rings is 1. The molecule has 6 nitrogen and oxygen atoms in total. The van der Waals surface area contributed by atoms with Crippen molar-refractivity contribution in [2.24, 2.45) is 5.92 Å².